The molecule has 144 valence electrons. The van der Waals surface area contributed by atoms with E-state index in [4.69, 9.17) is 21.1 Å². The zero-order valence-electron chi connectivity index (χ0n) is 15.4. The first-order chi connectivity index (χ1) is 13.6. The summed E-state index contributed by atoms with van der Waals surface area (Å²) in [6.07, 6.45) is 5.08. The molecule has 3 rings (SSSR count). The maximum Gasteiger partial charge on any atom is 0.274 e. The minimum Gasteiger partial charge on any atom is -0.495 e. The number of carbonyl (C=O) groups excluding carboxylic acids is 1. The summed E-state index contributed by atoms with van der Waals surface area (Å²) in [5.41, 5.74) is 2.61. The second-order valence-corrected chi connectivity index (χ2v) is 6.19. The Kier molecular flexibility index (Phi) is 6.29. The number of ether oxygens (including phenoxy) is 2. The highest BCUT2D eigenvalue weighted by Gasteiger charge is 2.14. The van der Waals surface area contributed by atoms with Crippen molar-refractivity contribution >= 4 is 28.9 Å². The Hall–Kier alpha value is -3.32. The number of benzene rings is 1. The molecule has 0 radical (unpaired) electrons. The third-order valence-electron chi connectivity index (χ3n) is 3.96. The van der Waals surface area contributed by atoms with Crippen molar-refractivity contribution in [2.45, 2.75) is 6.54 Å². The predicted octanol–water partition coefficient (Wildman–Crippen LogP) is 4.01. The van der Waals surface area contributed by atoms with Gasteiger partial charge in [0.2, 0.25) is 0 Å². The van der Waals surface area contributed by atoms with Gasteiger partial charge in [0, 0.05) is 31.1 Å². The average Bonchev–Trinajstić information content (AvgIpc) is 2.74. The summed E-state index contributed by atoms with van der Waals surface area (Å²) < 4.78 is 10.5. The van der Waals surface area contributed by atoms with Crippen LogP contribution in [0.5, 0.6) is 11.5 Å². The standard InChI is InChI=1S/C20H19ClN4O3/c1-27-18-10-17(19(28-2)9-15(18)21)25-20(26)16-4-3-14(12-24-16)23-11-13-5-7-22-8-6-13/h3-10,12,23H,11H2,1-2H3,(H,25,26). The van der Waals surface area contributed by atoms with Crippen LogP contribution in [0.15, 0.2) is 55.0 Å². The van der Waals surface area contributed by atoms with Crippen molar-refractivity contribution in [2.24, 2.45) is 0 Å². The number of methoxy groups -OCH3 is 2. The third-order valence-corrected chi connectivity index (χ3v) is 4.26. The fourth-order valence-electron chi connectivity index (χ4n) is 2.48. The number of aromatic nitrogens is 2. The van der Waals surface area contributed by atoms with Crippen molar-refractivity contribution in [1.82, 2.24) is 9.97 Å². The molecular weight excluding hydrogens is 380 g/mol. The van der Waals surface area contributed by atoms with Crippen molar-refractivity contribution in [3.05, 3.63) is 71.3 Å². The van der Waals surface area contributed by atoms with Gasteiger partial charge in [-0.15, -0.1) is 0 Å². The van der Waals surface area contributed by atoms with E-state index in [2.05, 4.69) is 20.6 Å². The fraction of sp³-hybridized carbons (Fsp3) is 0.150. The molecular formula is C20H19ClN4O3. The molecule has 0 aliphatic rings. The summed E-state index contributed by atoms with van der Waals surface area (Å²) >= 11 is 6.08. The zero-order valence-corrected chi connectivity index (χ0v) is 16.2. The van der Waals surface area contributed by atoms with Crippen LogP contribution in [-0.2, 0) is 6.54 Å². The second-order valence-electron chi connectivity index (χ2n) is 5.78. The number of anilines is 2. The Morgan fingerprint density at radius 1 is 1.07 bits per heavy atom. The molecule has 28 heavy (non-hydrogen) atoms. The van der Waals surface area contributed by atoms with E-state index in [-0.39, 0.29) is 11.6 Å². The number of nitrogens with one attached hydrogen (secondary N) is 2. The minimum absolute atomic E-state index is 0.269. The van der Waals surface area contributed by atoms with E-state index < -0.39 is 0 Å². The molecule has 2 aromatic heterocycles. The van der Waals surface area contributed by atoms with Crippen molar-refractivity contribution in [2.75, 3.05) is 24.9 Å². The molecule has 1 amide bonds. The Morgan fingerprint density at radius 2 is 1.82 bits per heavy atom. The van der Waals surface area contributed by atoms with Gasteiger partial charge in [-0.1, -0.05) is 11.6 Å². The highest BCUT2D eigenvalue weighted by Crippen LogP contribution is 2.36. The zero-order chi connectivity index (χ0) is 19.9. The maximum atomic E-state index is 12.5. The van der Waals surface area contributed by atoms with Crippen LogP contribution in [-0.4, -0.2) is 30.1 Å². The van der Waals surface area contributed by atoms with Crippen molar-refractivity contribution in [3.63, 3.8) is 0 Å². The topological polar surface area (TPSA) is 85.4 Å². The van der Waals surface area contributed by atoms with Crippen LogP contribution in [0.4, 0.5) is 11.4 Å². The molecule has 2 heterocycles. The summed E-state index contributed by atoms with van der Waals surface area (Å²) in [6, 6.07) is 10.5. The molecule has 0 saturated heterocycles. The van der Waals surface area contributed by atoms with Gasteiger partial charge < -0.3 is 20.1 Å². The summed E-state index contributed by atoms with van der Waals surface area (Å²) in [6.45, 7) is 0.636. The number of hydrogen-bond acceptors (Lipinski definition) is 6. The molecule has 0 aliphatic heterocycles. The van der Waals surface area contributed by atoms with Gasteiger partial charge >= 0.3 is 0 Å². The number of carbonyl (C=O) groups is 1. The van der Waals surface area contributed by atoms with Gasteiger partial charge in [0.1, 0.15) is 17.2 Å². The first-order valence-corrected chi connectivity index (χ1v) is 8.80. The average molecular weight is 399 g/mol. The van der Waals surface area contributed by atoms with E-state index in [1.54, 1.807) is 42.9 Å². The Morgan fingerprint density at radius 3 is 2.46 bits per heavy atom. The SMILES string of the molecule is COc1cc(NC(=O)c2ccc(NCc3ccncc3)cn2)c(OC)cc1Cl. The van der Waals surface area contributed by atoms with Crippen molar-refractivity contribution < 1.29 is 14.3 Å². The van der Waals surface area contributed by atoms with Crippen LogP contribution < -0.4 is 20.1 Å². The summed E-state index contributed by atoms with van der Waals surface area (Å²) in [5.74, 6) is 0.486. The Bertz CT molecular complexity index is 950. The maximum absolute atomic E-state index is 12.5. The highest BCUT2D eigenvalue weighted by atomic mass is 35.5. The van der Waals surface area contributed by atoms with E-state index in [1.807, 2.05) is 12.1 Å². The lowest BCUT2D eigenvalue weighted by Gasteiger charge is -2.13. The fourth-order valence-corrected chi connectivity index (χ4v) is 2.71. The molecule has 7 nitrogen and oxygen atoms in total. The number of hydrogen-bond donors (Lipinski definition) is 2. The molecule has 1 aromatic carbocycles. The van der Waals surface area contributed by atoms with Gasteiger partial charge in [-0.05, 0) is 29.8 Å². The lowest BCUT2D eigenvalue weighted by atomic mass is 10.2. The molecule has 0 saturated carbocycles. The minimum atomic E-state index is -0.372. The molecule has 0 unspecified atom stereocenters. The molecule has 0 fully saturated rings. The summed E-state index contributed by atoms with van der Waals surface area (Å²) in [7, 11) is 2.99. The van der Waals surface area contributed by atoms with E-state index in [0.717, 1.165) is 11.3 Å². The predicted molar refractivity (Wildman–Crippen MR) is 108 cm³/mol. The third kappa shape index (κ3) is 4.69. The summed E-state index contributed by atoms with van der Waals surface area (Å²) in [4.78, 5) is 20.7. The van der Waals surface area contributed by atoms with Crippen LogP contribution in [0, 0.1) is 0 Å². The molecule has 0 aliphatic carbocycles. The first-order valence-electron chi connectivity index (χ1n) is 8.42. The molecule has 0 spiro atoms. The van der Waals surface area contributed by atoms with Gasteiger partial charge in [0.25, 0.3) is 5.91 Å². The van der Waals surface area contributed by atoms with Crippen molar-refractivity contribution in [1.29, 1.82) is 0 Å². The molecule has 0 atom stereocenters. The van der Waals surface area contributed by atoms with Crippen LogP contribution in [0.1, 0.15) is 16.1 Å². The van der Waals surface area contributed by atoms with Gasteiger partial charge in [-0.25, -0.2) is 4.98 Å². The largest absolute Gasteiger partial charge is 0.495 e. The van der Waals surface area contributed by atoms with Crippen molar-refractivity contribution in [3.8, 4) is 11.5 Å². The molecule has 0 bridgehead atoms. The number of rotatable bonds is 7. The number of amides is 1. The molecule has 8 heteroatoms. The monoisotopic (exact) mass is 398 g/mol. The normalized spacial score (nSPS) is 10.2. The van der Waals surface area contributed by atoms with E-state index in [1.165, 1.54) is 14.2 Å². The Labute approximate surface area is 167 Å². The van der Waals surface area contributed by atoms with Gasteiger partial charge in [0.05, 0.1) is 36.8 Å². The lowest BCUT2D eigenvalue weighted by molar-refractivity contribution is 0.102. The smallest absolute Gasteiger partial charge is 0.274 e. The second kappa shape index (κ2) is 9.05. The number of pyridine rings is 2. The number of nitrogens with zero attached hydrogens (tertiary/aromatic N) is 2. The molecule has 2 N–H and O–H groups in total. The van der Waals surface area contributed by atoms with Gasteiger partial charge in [0.15, 0.2) is 0 Å². The lowest BCUT2D eigenvalue weighted by Crippen LogP contribution is -2.14. The first kappa shape index (κ1) is 19.4. The van der Waals surface area contributed by atoms with Crippen LogP contribution in [0.25, 0.3) is 0 Å². The Balaban J connectivity index is 1.68. The van der Waals surface area contributed by atoms with Gasteiger partial charge in [-0.3, -0.25) is 9.78 Å². The summed E-state index contributed by atoms with van der Waals surface area (Å²) in [5, 5.41) is 6.40. The van der Waals surface area contributed by atoms with Crippen LogP contribution in [0.3, 0.4) is 0 Å². The highest BCUT2D eigenvalue weighted by molar-refractivity contribution is 6.32. The molecule has 3 aromatic rings. The van der Waals surface area contributed by atoms with E-state index in [9.17, 15) is 4.79 Å². The van der Waals surface area contributed by atoms with E-state index in [0.29, 0.717) is 28.8 Å². The van der Waals surface area contributed by atoms with Crippen LogP contribution >= 0.6 is 11.6 Å². The quantitative estimate of drug-likeness (QED) is 0.625. The number of halogens is 1. The van der Waals surface area contributed by atoms with E-state index >= 15 is 0 Å². The van der Waals surface area contributed by atoms with Gasteiger partial charge in [-0.2, -0.15) is 0 Å². The van der Waals surface area contributed by atoms with Crippen LogP contribution in [0.2, 0.25) is 5.02 Å².